The zero-order valence-corrected chi connectivity index (χ0v) is 5.84. The van der Waals surface area contributed by atoms with Crippen LogP contribution in [-0.4, -0.2) is 9.36 Å². The van der Waals surface area contributed by atoms with E-state index in [0.29, 0.717) is 5.89 Å². The van der Waals surface area contributed by atoms with E-state index < -0.39 is 0 Å². The van der Waals surface area contributed by atoms with E-state index in [0.717, 1.165) is 5.69 Å². The summed E-state index contributed by atoms with van der Waals surface area (Å²) in [6, 6.07) is 1.87. The highest BCUT2D eigenvalue weighted by atomic mass is 32.1. The van der Waals surface area contributed by atoms with Crippen LogP contribution >= 0.6 is 11.5 Å². The summed E-state index contributed by atoms with van der Waals surface area (Å²) in [4.78, 5) is 3.94. The van der Waals surface area contributed by atoms with Crippen molar-refractivity contribution in [2.24, 2.45) is 0 Å². The molecule has 0 spiro atoms. The normalized spacial score (nSPS) is 10.0. The maximum Gasteiger partial charge on any atom is 0.246 e. The van der Waals surface area contributed by atoms with Crippen LogP contribution < -0.4 is 0 Å². The van der Waals surface area contributed by atoms with Gasteiger partial charge in [0, 0.05) is 5.38 Å². The second kappa shape index (κ2) is 2.22. The Labute approximate surface area is 61.5 Å². The molecule has 0 bridgehead atoms. The van der Waals surface area contributed by atoms with E-state index >= 15 is 0 Å². The fraction of sp³-hybridized carbons (Fsp3) is 0. The first-order valence-corrected chi connectivity index (χ1v) is 3.61. The van der Waals surface area contributed by atoms with Crippen molar-refractivity contribution in [3.05, 3.63) is 23.9 Å². The van der Waals surface area contributed by atoms with Gasteiger partial charge in [0.15, 0.2) is 0 Å². The fourth-order valence-corrected chi connectivity index (χ4v) is 1.18. The molecule has 0 fully saturated rings. The molecule has 10 heavy (non-hydrogen) atoms. The lowest BCUT2D eigenvalue weighted by Crippen LogP contribution is -1.72. The van der Waals surface area contributed by atoms with E-state index in [9.17, 15) is 0 Å². The average Bonchev–Trinajstić information content (AvgIpc) is 2.59. The van der Waals surface area contributed by atoms with Crippen molar-refractivity contribution < 1.29 is 4.42 Å². The molecule has 0 saturated heterocycles. The van der Waals surface area contributed by atoms with Crippen LogP contribution in [0.2, 0.25) is 0 Å². The van der Waals surface area contributed by atoms with Gasteiger partial charge in [0.2, 0.25) is 5.89 Å². The van der Waals surface area contributed by atoms with Crippen molar-refractivity contribution in [3.63, 3.8) is 0 Å². The molecule has 50 valence electrons. The van der Waals surface area contributed by atoms with Gasteiger partial charge in [-0.3, -0.25) is 0 Å². The predicted molar refractivity (Wildman–Crippen MR) is 37.6 cm³/mol. The van der Waals surface area contributed by atoms with Gasteiger partial charge in [-0.05, 0) is 17.6 Å². The van der Waals surface area contributed by atoms with Crippen LogP contribution in [0.15, 0.2) is 28.3 Å². The second-order valence-electron chi connectivity index (χ2n) is 1.72. The molecule has 0 aromatic carbocycles. The Morgan fingerprint density at radius 3 is 3.10 bits per heavy atom. The van der Waals surface area contributed by atoms with Crippen molar-refractivity contribution >= 4 is 11.5 Å². The molecule has 0 unspecified atom stereocenters. The molecule has 2 aromatic heterocycles. The summed E-state index contributed by atoms with van der Waals surface area (Å²) in [6.45, 7) is 0. The third-order valence-electron chi connectivity index (χ3n) is 1.09. The van der Waals surface area contributed by atoms with Gasteiger partial charge in [-0.25, -0.2) is 4.98 Å². The minimum atomic E-state index is 0.584. The van der Waals surface area contributed by atoms with Gasteiger partial charge in [-0.1, -0.05) is 0 Å². The SMILES string of the molecule is c1coc(-c2ccsn2)n1. The van der Waals surface area contributed by atoms with Crippen molar-refractivity contribution in [2.75, 3.05) is 0 Å². The maximum absolute atomic E-state index is 5.01. The van der Waals surface area contributed by atoms with Gasteiger partial charge in [-0.2, -0.15) is 4.37 Å². The highest BCUT2D eigenvalue weighted by Gasteiger charge is 2.01. The van der Waals surface area contributed by atoms with Gasteiger partial charge >= 0.3 is 0 Å². The van der Waals surface area contributed by atoms with E-state index in [4.69, 9.17) is 4.42 Å². The monoisotopic (exact) mass is 152 g/mol. The topological polar surface area (TPSA) is 38.9 Å². The molecular weight excluding hydrogens is 148 g/mol. The Kier molecular flexibility index (Phi) is 1.25. The van der Waals surface area contributed by atoms with Crippen molar-refractivity contribution in [2.45, 2.75) is 0 Å². The van der Waals surface area contributed by atoms with Crippen molar-refractivity contribution in [1.82, 2.24) is 9.36 Å². The molecule has 0 aliphatic rings. The first-order valence-electron chi connectivity index (χ1n) is 2.77. The molecule has 0 N–H and O–H groups in total. The number of rotatable bonds is 1. The molecule has 2 heterocycles. The van der Waals surface area contributed by atoms with E-state index in [1.54, 1.807) is 6.20 Å². The minimum Gasteiger partial charge on any atom is -0.443 e. The summed E-state index contributed by atoms with van der Waals surface area (Å²) in [5.41, 5.74) is 0.801. The minimum absolute atomic E-state index is 0.584. The molecule has 0 aliphatic heterocycles. The summed E-state index contributed by atoms with van der Waals surface area (Å²) >= 11 is 1.39. The Morgan fingerprint density at radius 2 is 2.50 bits per heavy atom. The summed E-state index contributed by atoms with van der Waals surface area (Å²) in [5.74, 6) is 0.584. The molecule has 0 aliphatic carbocycles. The first-order chi connectivity index (χ1) is 4.97. The highest BCUT2D eigenvalue weighted by molar-refractivity contribution is 7.03. The van der Waals surface area contributed by atoms with Gasteiger partial charge in [0.1, 0.15) is 12.0 Å². The number of hydrogen-bond donors (Lipinski definition) is 0. The van der Waals surface area contributed by atoms with Crippen LogP contribution in [0, 0.1) is 0 Å². The zero-order valence-electron chi connectivity index (χ0n) is 5.02. The third kappa shape index (κ3) is 0.823. The Balaban J connectivity index is 2.48. The number of nitrogens with zero attached hydrogens (tertiary/aromatic N) is 2. The lowest BCUT2D eigenvalue weighted by atomic mass is 10.4. The molecule has 0 saturated carbocycles. The van der Waals surface area contributed by atoms with Crippen LogP contribution in [0.3, 0.4) is 0 Å². The van der Waals surface area contributed by atoms with Crippen molar-refractivity contribution in [1.29, 1.82) is 0 Å². The van der Waals surface area contributed by atoms with Crippen LogP contribution in [0.25, 0.3) is 11.6 Å². The van der Waals surface area contributed by atoms with Crippen molar-refractivity contribution in [3.8, 4) is 11.6 Å². The summed E-state index contributed by atoms with van der Waals surface area (Å²) in [5, 5.41) is 1.89. The Bertz CT molecular complexity index is 255. The van der Waals surface area contributed by atoms with Gasteiger partial charge in [-0.15, -0.1) is 0 Å². The molecule has 4 heteroatoms. The summed E-state index contributed by atoms with van der Waals surface area (Å²) < 4.78 is 9.06. The van der Waals surface area contributed by atoms with Crippen LogP contribution in [0.5, 0.6) is 0 Å². The lowest BCUT2D eigenvalue weighted by Gasteiger charge is -1.81. The van der Waals surface area contributed by atoms with Crippen LogP contribution in [0.1, 0.15) is 0 Å². The summed E-state index contributed by atoms with van der Waals surface area (Å²) in [6.07, 6.45) is 3.14. The molecule has 2 aromatic rings. The van der Waals surface area contributed by atoms with E-state index in [-0.39, 0.29) is 0 Å². The Hall–Kier alpha value is -1.16. The van der Waals surface area contributed by atoms with Gasteiger partial charge in [0.25, 0.3) is 0 Å². The molecule has 0 amide bonds. The van der Waals surface area contributed by atoms with Crippen LogP contribution in [-0.2, 0) is 0 Å². The number of aromatic nitrogens is 2. The quantitative estimate of drug-likeness (QED) is 0.625. The number of hydrogen-bond acceptors (Lipinski definition) is 4. The highest BCUT2D eigenvalue weighted by Crippen LogP contribution is 2.14. The molecule has 0 atom stereocenters. The standard InChI is InChI=1S/C6H4N2OS/c1-4-10-8-5(1)6-7-2-3-9-6/h1-4H. The molecule has 0 radical (unpaired) electrons. The first kappa shape index (κ1) is 5.61. The zero-order chi connectivity index (χ0) is 6.81. The molecule has 2 rings (SSSR count). The number of oxazole rings is 1. The maximum atomic E-state index is 5.01. The van der Waals surface area contributed by atoms with Crippen LogP contribution in [0.4, 0.5) is 0 Å². The Morgan fingerprint density at radius 1 is 1.50 bits per heavy atom. The predicted octanol–water partition coefficient (Wildman–Crippen LogP) is 1.80. The average molecular weight is 152 g/mol. The summed E-state index contributed by atoms with van der Waals surface area (Å²) in [7, 11) is 0. The fourth-order valence-electron chi connectivity index (χ4n) is 0.673. The van der Waals surface area contributed by atoms with E-state index in [1.165, 1.54) is 17.8 Å². The smallest absolute Gasteiger partial charge is 0.246 e. The lowest BCUT2D eigenvalue weighted by molar-refractivity contribution is 0.573. The largest absolute Gasteiger partial charge is 0.443 e. The van der Waals surface area contributed by atoms with Gasteiger partial charge in [0.05, 0.1) is 6.20 Å². The van der Waals surface area contributed by atoms with Gasteiger partial charge < -0.3 is 4.42 Å². The van der Waals surface area contributed by atoms with E-state index in [2.05, 4.69) is 9.36 Å². The second-order valence-corrected chi connectivity index (χ2v) is 2.39. The molecule has 3 nitrogen and oxygen atoms in total. The third-order valence-corrected chi connectivity index (χ3v) is 1.65. The van der Waals surface area contributed by atoms with E-state index in [1.807, 2.05) is 11.4 Å². The molecular formula is C6H4N2OS.